The fourth-order valence-electron chi connectivity index (χ4n) is 1.23. The van der Waals surface area contributed by atoms with Crippen molar-refractivity contribution in [1.82, 2.24) is 0 Å². The van der Waals surface area contributed by atoms with Crippen LogP contribution in [-0.4, -0.2) is 18.2 Å². The maximum absolute atomic E-state index is 11.0. The molecule has 0 saturated carbocycles. The molecule has 0 saturated heterocycles. The molecular weight excluding hydrogens is 180 g/mol. The van der Waals surface area contributed by atoms with Crippen LogP contribution in [0.25, 0.3) is 0 Å². The minimum atomic E-state index is -1.17. The van der Waals surface area contributed by atoms with Crippen molar-refractivity contribution in [2.45, 2.75) is 19.4 Å². The number of aliphatic hydroxyl groups is 1. The molecule has 0 aliphatic rings. The number of rotatable bonds is 3. The number of aliphatic hydroxyl groups excluding tert-OH is 1. The molecule has 0 amide bonds. The molecule has 1 aromatic rings. The average molecular weight is 194 g/mol. The molecule has 1 aromatic carbocycles. The second-order valence-electron chi connectivity index (χ2n) is 3.02. The van der Waals surface area contributed by atoms with E-state index in [-0.39, 0.29) is 0 Å². The number of hydrogen-bond donors (Lipinski definition) is 1. The van der Waals surface area contributed by atoms with Gasteiger partial charge >= 0.3 is 5.97 Å². The summed E-state index contributed by atoms with van der Waals surface area (Å²) in [4.78, 5) is 11.0. The fraction of sp³-hybridized carbons (Fsp3) is 0.364. The lowest BCUT2D eigenvalue weighted by Crippen LogP contribution is -2.13. The molecule has 0 aliphatic carbocycles. The van der Waals surface area contributed by atoms with Gasteiger partial charge in [-0.25, -0.2) is 4.79 Å². The highest BCUT2D eigenvalue weighted by Crippen LogP contribution is 2.15. The van der Waals surface area contributed by atoms with Crippen LogP contribution in [0.3, 0.4) is 0 Å². The van der Waals surface area contributed by atoms with Gasteiger partial charge in [-0.05, 0) is 17.5 Å². The first-order valence-electron chi connectivity index (χ1n) is 4.53. The van der Waals surface area contributed by atoms with E-state index in [9.17, 15) is 9.90 Å². The molecule has 1 unspecified atom stereocenters. The highest BCUT2D eigenvalue weighted by Gasteiger charge is 2.17. The summed E-state index contributed by atoms with van der Waals surface area (Å²) in [6.45, 7) is 2.02. The molecule has 14 heavy (non-hydrogen) atoms. The maximum Gasteiger partial charge on any atom is 0.339 e. The molecule has 0 fully saturated rings. The van der Waals surface area contributed by atoms with E-state index in [0.717, 1.165) is 12.0 Å². The van der Waals surface area contributed by atoms with E-state index in [1.165, 1.54) is 7.11 Å². The summed E-state index contributed by atoms with van der Waals surface area (Å²) in [6, 6.07) is 7.29. The van der Waals surface area contributed by atoms with E-state index in [1.807, 2.05) is 25.1 Å². The van der Waals surface area contributed by atoms with E-state index >= 15 is 0 Å². The molecular formula is C11H14O3. The first-order chi connectivity index (χ1) is 6.69. The third-order valence-corrected chi connectivity index (χ3v) is 2.10. The average Bonchev–Trinajstić information content (AvgIpc) is 2.27. The van der Waals surface area contributed by atoms with Crippen molar-refractivity contribution in [3.05, 3.63) is 35.4 Å². The SMILES string of the molecule is CCc1cccc(C(O)C(=O)OC)c1. The van der Waals surface area contributed by atoms with Gasteiger partial charge in [0, 0.05) is 0 Å². The summed E-state index contributed by atoms with van der Waals surface area (Å²) < 4.78 is 4.45. The summed E-state index contributed by atoms with van der Waals surface area (Å²) in [5.41, 5.74) is 1.67. The van der Waals surface area contributed by atoms with Gasteiger partial charge < -0.3 is 9.84 Å². The van der Waals surface area contributed by atoms with E-state index in [2.05, 4.69) is 4.74 Å². The van der Waals surface area contributed by atoms with Gasteiger partial charge in [0.2, 0.25) is 0 Å². The predicted molar refractivity (Wildman–Crippen MR) is 52.8 cm³/mol. The molecule has 0 radical (unpaired) electrons. The minimum Gasteiger partial charge on any atom is -0.467 e. The monoisotopic (exact) mass is 194 g/mol. The highest BCUT2D eigenvalue weighted by atomic mass is 16.5. The number of ether oxygens (including phenoxy) is 1. The molecule has 76 valence electrons. The van der Waals surface area contributed by atoms with Crippen LogP contribution in [0.2, 0.25) is 0 Å². The van der Waals surface area contributed by atoms with Gasteiger partial charge in [-0.15, -0.1) is 0 Å². The normalized spacial score (nSPS) is 12.2. The number of esters is 1. The molecule has 0 heterocycles. The molecule has 0 bridgehead atoms. The Balaban J connectivity index is 2.89. The zero-order valence-electron chi connectivity index (χ0n) is 8.36. The number of carbonyl (C=O) groups is 1. The van der Waals surface area contributed by atoms with Gasteiger partial charge in [-0.1, -0.05) is 31.2 Å². The third kappa shape index (κ3) is 2.33. The molecule has 0 spiro atoms. The van der Waals surface area contributed by atoms with Gasteiger partial charge in [-0.2, -0.15) is 0 Å². The lowest BCUT2D eigenvalue weighted by atomic mass is 10.0. The van der Waals surface area contributed by atoms with Gasteiger partial charge in [-0.3, -0.25) is 0 Å². The van der Waals surface area contributed by atoms with Crippen LogP contribution in [0.15, 0.2) is 24.3 Å². The van der Waals surface area contributed by atoms with Gasteiger partial charge in [0.05, 0.1) is 7.11 Å². The van der Waals surface area contributed by atoms with Crippen molar-refractivity contribution < 1.29 is 14.6 Å². The smallest absolute Gasteiger partial charge is 0.339 e. The van der Waals surface area contributed by atoms with Gasteiger partial charge in [0.1, 0.15) is 0 Å². The van der Waals surface area contributed by atoms with Gasteiger partial charge in [0.15, 0.2) is 6.10 Å². The quantitative estimate of drug-likeness (QED) is 0.741. The zero-order valence-corrected chi connectivity index (χ0v) is 8.36. The lowest BCUT2D eigenvalue weighted by Gasteiger charge is -2.09. The first-order valence-corrected chi connectivity index (χ1v) is 4.53. The number of hydrogen-bond acceptors (Lipinski definition) is 3. The molecule has 3 heteroatoms. The Bertz CT molecular complexity index is 320. The Morgan fingerprint density at radius 2 is 2.29 bits per heavy atom. The highest BCUT2D eigenvalue weighted by molar-refractivity contribution is 5.76. The van der Waals surface area contributed by atoms with E-state index in [4.69, 9.17) is 0 Å². The number of benzene rings is 1. The van der Waals surface area contributed by atoms with E-state index < -0.39 is 12.1 Å². The molecule has 0 aromatic heterocycles. The summed E-state index contributed by atoms with van der Waals surface area (Å²) in [5.74, 6) is -0.627. The second-order valence-corrected chi connectivity index (χ2v) is 3.02. The standard InChI is InChI=1S/C11H14O3/c1-3-8-5-4-6-9(7-8)10(12)11(13)14-2/h4-7,10,12H,3H2,1-2H3. The van der Waals surface area contributed by atoms with E-state index in [0.29, 0.717) is 5.56 Å². The minimum absolute atomic E-state index is 0.580. The van der Waals surface area contributed by atoms with Crippen LogP contribution in [0, 0.1) is 0 Å². The third-order valence-electron chi connectivity index (χ3n) is 2.10. The van der Waals surface area contributed by atoms with Crippen molar-refractivity contribution in [3.8, 4) is 0 Å². The van der Waals surface area contributed by atoms with E-state index in [1.54, 1.807) is 6.07 Å². The summed E-state index contributed by atoms with van der Waals surface area (Å²) in [5, 5.41) is 9.53. The van der Waals surface area contributed by atoms with Crippen molar-refractivity contribution in [3.63, 3.8) is 0 Å². The van der Waals surface area contributed by atoms with Crippen LogP contribution in [0.4, 0.5) is 0 Å². The Hall–Kier alpha value is -1.35. The zero-order chi connectivity index (χ0) is 10.6. The first kappa shape index (κ1) is 10.7. The van der Waals surface area contributed by atoms with Crippen LogP contribution < -0.4 is 0 Å². The largest absolute Gasteiger partial charge is 0.467 e. The second kappa shape index (κ2) is 4.77. The molecule has 1 N–H and O–H groups in total. The predicted octanol–water partition coefficient (Wildman–Crippen LogP) is 1.46. The molecule has 0 aliphatic heterocycles. The fourth-order valence-corrected chi connectivity index (χ4v) is 1.23. The lowest BCUT2D eigenvalue weighted by molar-refractivity contribution is -0.150. The summed E-state index contributed by atoms with van der Waals surface area (Å²) in [6.07, 6.45) is -0.298. The van der Waals surface area contributed by atoms with Crippen LogP contribution in [-0.2, 0) is 16.0 Å². The Kier molecular flexibility index (Phi) is 3.65. The van der Waals surface area contributed by atoms with Crippen molar-refractivity contribution in [2.75, 3.05) is 7.11 Å². The molecule has 1 rings (SSSR count). The number of aryl methyl sites for hydroxylation is 1. The van der Waals surface area contributed by atoms with Crippen LogP contribution >= 0.6 is 0 Å². The summed E-state index contributed by atoms with van der Waals surface area (Å²) in [7, 11) is 1.26. The van der Waals surface area contributed by atoms with Crippen molar-refractivity contribution >= 4 is 5.97 Å². The maximum atomic E-state index is 11.0. The summed E-state index contributed by atoms with van der Waals surface area (Å²) >= 11 is 0. The van der Waals surface area contributed by atoms with Crippen molar-refractivity contribution in [1.29, 1.82) is 0 Å². The Labute approximate surface area is 83.3 Å². The molecule has 3 nitrogen and oxygen atoms in total. The van der Waals surface area contributed by atoms with Crippen molar-refractivity contribution in [2.24, 2.45) is 0 Å². The Morgan fingerprint density at radius 1 is 1.57 bits per heavy atom. The number of methoxy groups -OCH3 is 1. The topological polar surface area (TPSA) is 46.5 Å². The van der Waals surface area contributed by atoms with Crippen LogP contribution in [0.5, 0.6) is 0 Å². The van der Waals surface area contributed by atoms with Gasteiger partial charge in [0.25, 0.3) is 0 Å². The Morgan fingerprint density at radius 3 is 2.86 bits per heavy atom. The van der Waals surface area contributed by atoms with Crippen LogP contribution in [0.1, 0.15) is 24.2 Å². The molecule has 1 atom stereocenters. The number of carbonyl (C=O) groups excluding carboxylic acids is 1.